The molecule has 0 saturated carbocycles. The second kappa shape index (κ2) is 10.8. The monoisotopic (exact) mass is 438 g/mol. The zero-order valence-electron chi connectivity index (χ0n) is 19.5. The molecule has 5 aromatic rings. The molecule has 0 heterocycles. The van der Waals surface area contributed by atoms with E-state index in [1.54, 1.807) is 0 Å². The summed E-state index contributed by atoms with van der Waals surface area (Å²) in [5, 5.41) is 0. The summed E-state index contributed by atoms with van der Waals surface area (Å²) < 4.78 is 0. The molecular formula is C34H30. The summed E-state index contributed by atoms with van der Waals surface area (Å²) in [6, 6.07) is 48.3. The van der Waals surface area contributed by atoms with E-state index in [-0.39, 0.29) is 0 Å². The van der Waals surface area contributed by atoms with Gasteiger partial charge in [-0.25, -0.2) is 0 Å². The molecule has 5 rings (SSSR count). The Morgan fingerprint density at radius 1 is 0.265 bits per heavy atom. The van der Waals surface area contributed by atoms with Crippen molar-refractivity contribution in [2.24, 2.45) is 0 Å². The molecule has 0 amide bonds. The van der Waals surface area contributed by atoms with Crippen LogP contribution in [0.15, 0.2) is 133 Å². The third kappa shape index (κ3) is 5.53. The maximum absolute atomic E-state index is 2.33. The van der Waals surface area contributed by atoms with E-state index >= 15 is 0 Å². The van der Waals surface area contributed by atoms with Gasteiger partial charge in [0.2, 0.25) is 0 Å². The largest absolute Gasteiger partial charge is 0.0622 e. The predicted octanol–water partition coefficient (Wildman–Crippen LogP) is 8.05. The first-order chi connectivity index (χ1) is 16.8. The zero-order chi connectivity index (χ0) is 23.0. The molecule has 0 heteroatoms. The fourth-order valence-corrected chi connectivity index (χ4v) is 4.79. The molecular weight excluding hydrogens is 408 g/mol. The van der Waals surface area contributed by atoms with Crippen molar-refractivity contribution < 1.29 is 0 Å². The molecule has 0 N–H and O–H groups in total. The smallest absolute Gasteiger partial charge is 0.00200 e. The minimum atomic E-state index is 0.952. The standard InChI is InChI=1S/C34H30/c1-4-13-27(14-5-1)23-30-19-10-11-20-31(30)26-33-22-12-21-32(24-28-15-6-2-7-16-28)34(33)25-29-17-8-3-9-18-29/h1-22H,23-26H2. The summed E-state index contributed by atoms with van der Waals surface area (Å²) in [6.45, 7) is 0. The zero-order valence-corrected chi connectivity index (χ0v) is 19.5. The van der Waals surface area contributed by atoms with Crippen LogP contribution in [0.1, 0.15) is 44.5 Å². The highest BCUT2D eigenvalue weighted by atomic mass is 14.2. The van der Waals surface area contributed by atoms with Crippen LogP contribution in [0.3, 0.4) is 0 Å². The van der Waals surface area contributed by atoms with E-state index < -0.39 is 0 Å². The lowest BCUT2D eigenvalue weighted by Crippen LogP contribution is -2.05. The molecule has 166 valence electrons. The van der Waals surface area contributed by atoms with Gasteiger partial charge in [-0.2, -0.15) is 0 Å². The van der Waals surface area contributed by atoms with Gasteiger partial charge in [0.1, 0.15) is 0 Å². The normalized spacial score (nSPS) is 10.8. The van der Waals surface area contributed by atoms with E-state index in [9.17, 15) is 0 Å². The van der Waals surface area contributed by atoms with Crippen LogP contribution in [0.25, 0.3) is 0 Å². The Hall–Kier alpha value is -3.90. The van der Waals surface area contributed by atoms with Gasteiger partial charge in [-0.1, -0.05) is 133 Å². The van der Waals surface area contributed by atoms with Gasteiger partial charge in [-0.15, -0.1) is 0 Å². The van der Waals surface area contributed by atoms with Crippen molar-refractivity contribution in [1.82, 2.24) is 0 Å². The molecule has 0 radical (unpaired) electrons. The highest BCUT2D eigenvalue weighted by molar-refractivity contribution is 5.45. The highest BCUT2D eigenvalue weighted by Crippen LogP contribution is 2.26. The Morgan fingerprint density at radius 3 is 1.15 bits per heavy atom. The molecule has 0 spiro atoms. The van der Waals surface area contributed by atoms with Gasteiger partial charge >= 0.3 is 0 Å². The van der Waals surface area contributed by atoms with Crippen molar-refractivity contribution in [3.63, 3.8) is 0 Å². The quantitative estimate of drug-likeness (QED) is 0.230. The van der Waals surface area contributed by atoms with Crippen LogP contribution < -0.4 is 0 Å². The average Bonchev–Trinajstić information content (AvgIpc) is 2.89. The topological polar surface area (TPSA) is 0 Å². The van der Waals surface area contributed by atoms with Crippen LogP contribution >= 0.6 is 0 Å². The molecule has 0 atom stereocenters. The molecule has 0 nitrogen and oxygen atoms in total. The first-order valence-corrected chi connectivity index (χ1v) is 12.1. The van der Waals surface area contributed by atoms with Crippen LogP contribution in [0.2, 0.25) is 0 Å². The Bertz CT molecular complexity index is 1320. The third-order valence-corrected chi connectivity index (χ3v) is 6.57. The second-order valence-electron chi connectivity index (χ2n) is 8.99. The van der Waals surface area contributed by atoms with E-state index in [0.717, 1.165) is 25.7 Å². The SMILES string of the molecule is c1ccc(Cc2ccccc2Cc2cccc(Cc3ccccc3)c2Cc2ccccc2)cc1. The van der Waals surface area contributed by atoms with Crippen LogP contribution in [-0.4, -0.2) is 0 Å². The maximum Gasteiger partial charge on any atom is -0.00200 e. The van der Waals surface area contributed by atoms with E-state index in [0.29, 0.717) is 0 Å². The van der Waals surface area contributed by atoms with Crippen LogP contribution in [0, 0.1) is 0 Å². The second-order valence-corrected chi connectivity index (χ2v) is 8.99. The Balaban J connectivity index is 1.51. The number of benzene rings is 5. The van der Waals surface area contributed by atoms with Gasteiger partial charge in [0, 0.05) is 0 Å². The molecule has 0 aliphatic rings. The van der Waals surface area contributed by atoms with E-state index in [2.05, 4.69) is 133 Å². The van der Waals surface area contributed by atoms with E-state index in [4.69, 9.17) is 0 Å². The van der Waals surface area contributed by atoms with Gasteiger partial charge < -0.3 is 0 Å². The molecule has 34 heavy (non-hydrogen) atoms. The predicted molar refractivity (Wildman–Crippen MR) is 143 cm³/mol. The number of hydrogen-bond acceptors (Lipinski definition) is 0. The molecule has 0 aromatic heterocycles. The van der Waals surface area contributed by atoms with Crippen LogP contribution in [0.5, 0.6) is 0 Å². The fourth-order valence-electron chi connectivity index (χ4n) is 4.79. The lowest BCUT2D eigenvalue weighted by molar-refractivity contribution is 1.02. The Morgan fingerprint density at radius 2 is 0.618 bits per heavy atom. The van der Waals surface area contributed by atoms with Gasteiger partial charge in [-0.05, 0) is 70.2 Å². The summed E-state index contributed by atoms with van der Waals surface area (Å²) >= 11 is 0. The highest BCUT2D eigenvalue weighted by Gasteiger charge is 2.13. The first kappa shape index (κ1) is 21.9. The molecule has 0 aliphatic carbocycles. The van der Waals surface area contributed by atoms with Crippen molar-refractivity contribution in [3.8, 4) is 0 Å². The van der Waals surface area contributed by atoms with Gasteiger partial charge in [0.05, 0.1) is 0 Å². The molecule has 5 aromatic carbocycles. The maximum atomic E-state index is 2.33. The molecule has 0 bridgehead atoms. The van der Waals surface area contributed by atoms with Crippen molar-refractivity contribution in [2.45, 2.75) is 25.7 Å². The average molecular weight is 439 g/mol. The van der Waals surface area contributed by atoms with E-state index in [1.807, 2.05) is 0 Å². The van der Waals surface area contributed by atoms with Gasteiger partial charge in [0.25, 0.3) is 0 Å². The summed E-state index contributed by atoms with van der Waals surface area (Å²) in [7, 11) is 0. The molecule has 0 fully saturated rings. The summed E-state index contributed by atoms with van der Waals surface area (Å²) in [4.78, 5) is 0. The first-order valence-electron chi connectivity index (χ1n) is 12.1. The van der Waals surface area contributed by atoms with Gasteiger partial charge in [0.15, 0.2) is 0 Å². The molecule has 0 aliphatic heterocycles. The summed E-state index contributed by atoms with van der Waals surface area (Å²) in [5.74, 6) is 0. The summed E-state index contributed by atoms with van der Waals surface area (Å²) in [5.41, 5.74) is 11.2. The minimum Gasteiger partial charge on any atom is -0.0622 e. The number of hydrogen-bond donors (Lipinski definition) is 0. The minimum absolute atomic E-state index is 0.952. The lowest BCUT2D eigenvalue weighted by atomic mass is 9.87. The van der Waals surface area contributed by atoms with Crippen molar-refractivity contribution >= 4 is 0 Å². The molecule has 0 unspecified atom stereocenters. The van der Waals surface area contributed by atoms with E-state index in [1.165, 1.54) is 44.5 Å². The van der Waals surface area contributed by atoms with Gasteiger partial charge in [-0.3, -0.25) is 0 Å². The molecule has 0 saturated heterocycles. The Kier molecular flexibility index (Phi) is 6.97. The third-order valence-electron chi connectivity index (χ3n) is 6.57. The van der Waals surface area contributed by atoms with Crippen LogP contribution in [-0.2, 0) is 25.7 Å². The van der Waals surface area contributed by atoms with Crippen molar-refractivity contribution in [3.05, 3.63) is 178 Å². The number of rotatable bonds is 8. The van der Waals surface area contributed by atoms with Crippen molar-refractivity contribution in [1.29, 1.82) is 0 Å². The van der Waals surface area contributed by atoms with Crippen molar-refractivity contribution in [2.75, 3.05) is 0 Å². The fraction of sp³-hybridized carbons (Fsp3) is 0.118. The lowest BCUT2D eigenvalue weighted by Gasteiger charge is -2.17. The summed E-state index contributed by atoms with van der Waals surface area (Å²) in [6.07, 6.45) is 3.84. The van der Waals surface area contributed by atoms with Crippen LogP contribution in [0.4, 0.5) is 0 Å². The Labute approximate surface area is 203 Å².